The molecule has 1 aliphatic heterocycles. The van der Waals surface area contributed by atoms with Gasteiger partial charge in [-0.15, -0.1) is 0 Å². The molecule has 0 amide bonds. The predicted molar refractivity (Wildman–Crippen MR) is 103 cm³/mol. The van der Waals surface area contributed by atoms with Gasteiger partial charge < -0.3 is 19.7 Å². The number of ketones is 1. The highest BCUT2D eigenvalue weighted by molar-refractivity contribution is 6.00. The molecular weight excluding hydrogens is 330 g/mol. The van der Waals surface area contributed by atoms with E-state index >= 15 is 0 Å². The summed E-state index contributed by atoms with van der Waals surface area (Å²) >= 11 is 0. The van der Waals surface area contributed by atoms with Crippen LogP contribution < -0.4 is 15.0 Å². The second kappa shape index (κ2) is 8.19. The van der Waals surface area contributed by atoms with Crippen LogP contribution in [0, 0.1) is 0 Å². The number of anilines is 3. The lowest BCUT2D eigenvalue weighted by Gasteiger charge is -2.40. The highest BCUT2D eigenvalue weighted by atomic mass is 16.5. The Kier molecular flexibility index (Phi) is 5.73. The fourth-order valence-corrected chi connectivity index (χ4v) is 2.88. The van der Waals surface area contributed by atoms with Crippen molar-refractivity contribution >= 4 is 22.8 Å². The van der Waals surface area contributed by atoms with Crippen LogP contribution in [0.1, 0.15) is 30.6 Å². The molecule has 3 rings (SSSR count). The number of ether oxygens (including phenoxy) is 2. The first-order valence-corrected chi connectivity index (χ1v) is 8.89. The van der Waals surface area contributed by atoms with Gasteiger partial charge in [-0.05, 0) is 37.6 Å². The van der Waals surface area contributed by atoms with Gasteiger partial charge in [0.05, 0.1) is 24.5 Å². The zero-order valence-electron chi connectivity index (χ0n) is 15.5. The standard InChI is InChI=1S/C20H25N3O3/c1-4-9-26-17-12-23(13-17)16-7-5-15(6-8-16)22-19-10-20(25-3)21-11-18(19)14(2)24/h5-8,10-11,17H,4,9,12-13H2,1-3H3,(H,21,22). The maximum Gasteiger partial charge on any atom is 0.215 e. The smallest absolute Gasteiger partial charge is 0.215 e. The summed E-state index contributed by atoms with van der Waals surface area (Å²) in [6.07, 6.45) is 2.93. The third-order valence-corrected chi connectivity index (χ3v) is 4.38. The molecule has 1 saturated heterocycles. The topological polar surface area (TPSA) is 63.7 Å². The van der Waals surface area contributed by atoms with Crippen molar-refractivity contribution in [2.75, 3.05) is 37.0 Å². The normalized spacial score (nSPS) is 14.0. The fraction of sp³-hybridized carbons (Fsp3) is 0.400. The Bertz CT molecular complexity index is 755. The molecule has 0 atom stereocenters. The molecule has 1 aromatic heterocycles. The molecule has 2 heterocycles. The van der Waals surface area contributed by atoms with Crippen molar-refractivity contribution in [1.29, 1.82) is 0 Å². The number of nitrogens with zero attached hydrogens (tertiary/aromatic N) is 2. The van der Waals surface area contributed by atoms with Gasteiger partial charge in [0.15, 0.2) is 5.78 Å². The van der Waals surface area contributed by atoms with Gasteiger partial charge in [-0.25, -0.2) is 4.98 Å². The van der Waals surface area contributed by atoms with E-state index in [0.29, 0.717) is 23.2 Å². The molecule has 138 valence electrons. The van der Waals surface area contributed by atoms with Crippen LogP contribution in [0.2, 0.25) is 0 Å². The molecule has 2 aromatic rings. The van der Waals surface area contributed by atoms with Crippen LogP contribution in [-0.4, -0.2) is 43.7 Å². The predicted octanol–water partition coefficient (Wildman–Crippen LogP) is 3.65. The lowest BCUT2D eigenvalue weighted by Crippen LogP contribution is -2.52. The number of pyridine rings is 1. The number of methoxy groups -OCH3 is 1. The van der Waals surface area contributed by atoms with Crippen LogP contribution in [-0.2, 0) is 4.74 Å². The number of rotatable bonds is 8. The van der Waals surface area contributed by atoms with Gasteiger partial charge in [0, 0.05) is 43.3 Å². The van der Waals surface area contributed by atoms with Crippen molar-refractivity contribution in [3.8, 4) is 5.88 Å². The maximum absolute atomic E-state index is 11.8. The molecule has 6 nitrogen and oxygen atoms in total. The van der Waals surface area contributed by atoms with Gasteiger partial charge in [-0.3, -0.25) is 4.79 Å². The van der Waals surface area contributed by atoms with Crippen molar-refractivity contribution in [2.24, 2.45) is 0 Å². The van der Waals surface area contributed by atoms with Gasteiger partial charge in [-0.1, -0.05) is 6.92 Å². The molecule has 1 N–H and O–H groups in total. The van der Waals surface area contributed by atoms with Gasteiger partial charge in [0.25, 0.3) is 0 Å². The van der Waals surface area contributed by atoms with E-state index in [4.69, 9.17) is 9.47 Å². The molecule has 0 aliphatic carbocycles. The number of carbonyl (C=O) groups excluding carboxylic acids is 1. The average Bonchev–Trinajstić information content (AvgIpc) is 2.61. The number of hydrogen-bond donors (Lipinski definition) is 1. The van der Waals surface area contributed by atoms with E-state index in [2.05, 4.69) is 34.3 Å². The maximum atomic E-state index is 11.8. The second-order valence-corrected chi connectivity index (χ2v) is 6.40. The van der Waals surface area contributed by atoms with Crippen molar-refractivity contribution < 1.29 is 14.3 Å². The third-order valence-electron chi connectivity index (χ3n) is 4.38. The summed E-state index contributed by atoms with van der Waals surface area (Å²) in [7, 11) is 1.55. The summed E-state index contributed by atoms with van der Waals surface area (Å²) in [6.45, 7) is 6.34. The van der Waals surface area contributed by atoms with Crippen LogP contribution in [0.5, 0.6) is 5.88 Å². The Balaban J connectivity index is 1.66. The number of carbonyl (C=O) groups is 1. The molecule has 26 heavy (non-hydrogen) atoms. The Morgan fingerprint density at radius 1 is 1.31 bits per heavy atom. The minimum atomic E-state index is -0.0435. The summed E-state index contributed by atoms with van der Waals surface area (Å²) in [5.41, 5.74) is 3.30. The fourth-order valence-electron chi connectivity index (χ4n) is 2.88. The van der Waals surface area contributed by atoms with Crippen LogP contribution in [0.25, 0.3) is 0 Å². The van der Waals surface area contributed by atoms with Crippen molar-refractivity contribution in [2.45, 2.75) is 26.4 Å². The van der Waals surface area contributed by atoms with E-state index in [1.54, 1.807) is 13.2 Å². The number of nitrogens with one attached hydrogen (secondary N) is 1. The van der Waals surface area contributed by atoms with Crippen molar-refractivity contribution in [3.63, 3.8) is 0 Å². The molecule has 0 saturated carbocycles. The summed E-state index contributed by atoms with van der Waals surface area (Å²) in [5.74, 6) is 0.422. The van der Waals surface area contributed by atoms with Gasteiger partial charge in [0.2, 0.25) is 5.88 Å². The Morgan fingerprint density at radius 3 is 2.65 bits per heavy atom. The summed E-state index contributed by atoms with van der Waals surface area (Å²) < 4.78 is 10.9. The first-order valence-electron chi connectivity index (χ1n) is 8.89. The molecule has 0 radical (unpaired) electrons. The molecule has 6 heteroatoms. The van der Waals surface area contributed by atoms with E-state index in [1.807, 2.05) is 12.1 Å². The van der Waals surface area contributed by atoms with E-state index in [-0.39, 0.29) is 5.78 Å². The van der Waals surface area contributed by atoms with Gasteiger partial charge in [-0.2, -0.15) is 0 Å². The first kappa shape index (κ1) is 18.2. The monoisotopic (exact) mass is 355 g/mol. The Labute approximate surface area is 154 Å². The second-order valence-electron chi connectivity index (χ2n) is 6.40. The van der Waals surface area contributed by atoms with E-state index in [9.17, 15) is 4.79 Å². The molecule has 1 aliphatic rings. The third kappa shape index (κ3) is 4.14. The number of Topliss-reactive ketones (excluding diaryl/α,β-unsaturated/α-hetero) is 1. The minimum Gasteiger partial charge on any atom is -0.481 e. The molecular formula is C20H25N3O3. The van der Waals surface area contributed by atoms with E-state index < -0.39 is 0 Å². The largest absolute Gasteiger partial charge is 0.481 e. The SMILES string of the molecule is CCCOC1CN(c2ccc(Nc3cc(OC)ncc3C(C)=O)cc2)C1. The highest BCUT2D eigenvalue weighted by Crippen LogP contribution is 2.28. The summed E-state index contributed by atoms with van der Waals surface area (Å²) in [5, 5.41) is 3.28. The number of hydrogen-bond acceptors (Lipinski definition) is 6. The van der Waals surface area contributed by atoms with Crippen molar-refractivity contribution in [1.82, 2.24) is 4.98 Å². The number of benzene rings is 1. The van der Waals surface area contributed by atoms with E-state index in [0.717, 1.165) is 31.8 Å². The Morgan fingerprint density at radius 2 is 2.04 bits per heavy atom. The molecule has 0 spiro atoms. The summed E-state index contributed by atoms with van der Waals surface area (Å²) in [4.78, 5) is 18.2. The average molecular weight is 355 g/mol. The lowest BCUT2D eigenvalue weighted by atomic mass is 10.1. The quantitative estimate of drug-likeness (QED) is 0.729. The first-order chi connectivity index (χ1) is 12.6. The van der Waals surface area contributed by atoms with Crippen LogP contribution >= 0.6 is 0 Å². The zero-order valence-corrected chi connectivity index (χ0v) is 15.5. The minimum absolute atomic E-state index is 0.0435. The Hall–Kier alpha value is -2.60. The van der Waals surface area contributed by atoms with Crippen LogP contribution in [0.3, 0.4) is 0 Å². The van der Waals surface area contributed by atoms with E-state index in [1.165, 1.54) is 18.8 Å². The molecule has 1 aromatic carbocycles. The lowest BCUT2D eigenvalue weighted by molar-refractivity contribution is 0.0348. The molecule has 0 unspecified atom stereocenters. The number of aromatic nitrogens is 1. The zero-order chi connectivity index (χ0) is 18.5. The molecule has 1 fully saturated rings. The highest BCUT2D eigenvalue weighted by Gasteiger charge is 2.27. The van der Waals surface area contributed by atoms with Crippen LogP contribution in [0.4, 0.5) is 17.1 Å². The molecule has 0 bridgehead atoms. The van der Waals surface area contributed by atoms with Gasteiger partial charge >= 0.3 is 0 Å². The van der Waals surface area contributed by atoms with Crippen LogP contribution in [0.15, 0.2) is 36.5 Å². The van der Waals surface area contributed by atoms with Crippen molar-refractivity contribution in [3.05, 3.63) is 42.1 Å². The summed E-state index contributed by atoms with van der Waals surface area (Å²) in [6, 6.07) is 9.89. The van der Waals surface area contributed by atoms with Gasteiger partial charge in [0.1, 0.15) is 0 Å².